The minimum atomic E-state index is -3.79. The Morgan fingerprint density at radius 2 is 1.61 bits per heavy atom. The highest BCUT2D eigenvalue weighted by Gasteiger charge is 2.20. The summed E-state index contributed by atoms with van der Waals surface area (Å²) in [7, 11) is -2.30. The van der Waals surface area contributed by atoms with E-state index in [1.165, 1.54) is 54.8 Å². The summed E-state index contributed by atoms with van der Waals surface area (Å²) >= 11 is 1.27. The van der Waals surface area contributed by atoms with E-state index in [4.69, 9.17) is 10.5 Å². The van der Waals surface area contributed by atoms with Crippen molar-refractivity contribution in [3.05, 3.63) is 70.1 Å². The van der Waals surface area contributed by atoms with Crippen molar-refractivity contribution in [2.45, 2.75) is 18.7 Å². The van der Waals surface area contributed by atoms with Crippen molar-refractivity contribution in [1.29, 1.82) is 0 Å². The third kappa shape index (κ3) is 4.86. The third-order valence-electron chi connectivity index (χ3n) is 4.63. The molecule has 3 aromatic rings. The first kappa shape index (κ1) is 22.3. The molecule has 0 spiro atoms. The summed E-state index contributed by atoms with van der Waals surface area (Å²) in [5.41, 5.74) is 7.05. The van der Waals surface area contributed by atoms with E-state index >= 15 is 0 Å². The lowest BCUT2D eigenvalue weighted by Gasteiger charge is -2.10. The van der Waals surface area contributed by atoms with Gasteiger partial charge >= 0.3 is 0 Å². The Morgan fingerprint density at radius 3 is 2.16 bits per heavy atom. The Labute approximate surface area is 184 Å². The molecule has 0 bridgehead atoms. The first-order chi connectivity index (χ1) is 14.6. The zero-order valence-corrected chi connectivity index (χ0v) is 18.7. The molecule has 31 heavy (non-hydrogen) atoms. The van der Waals surface area contributed by atoms with Crippen LogP contribution in [-0.2, 0) is 10.0 Å². The molecule has 0 saturated carbocycles. The first-order valence-electron chi connectivity index (χ1n) is 9.10. The first-order valence-corrected chi connectivity index (χ1v) is 11.4. The number of sulfonamides is 1. The van der Waals surface area contributed by atoms with Crippen LogP contribution in [0.5, 0.6) is 5.75 Å². The lowest BCUT2D eigenvalue weighted by molar-refractivity contribution is 0.100. The van der Waals surface area contributed by atoms with E-state index in [0.29, 0.717) is 27.6 Å². The van der Waals surface area contributed by atoms with Gasteiger partial charge in [0.25, 0.3) is 21.8 Å². The average Bonchev–Trinajstić information content (AvgIpc) is 3.01. The van der Waals surface area contributed by atoms with Gasteiger partial charge in [0.15, 0.2) is 0 Å². The van der Waals surface area contributed by atoms with Crippen molar-refractivity contribution in [2.75, 3.05) is 17.1 Å². The van der Waals surface area contributed by atoms with Crippen molar-refractivity contribution in [3.8, 4) is 5.75 Å². The van der Waals surface area contributed by atoms with Gasteiger partial charge in [-0.25, -0.2) is 8.42 Å². The second kappa shape index (κ2) is 8.78. The predicted molar refractivity (Wildman–Crippen MR) is 121 cm³/mol. The van der Waals surface area contributed by atoms with Crippen LogP contribution >= 0.6 is 11.3 Å². The number of aryl methyl sites for hydroxylation is 1. The standard InChI is InChI=1S/C21H21N3O5S2/c1-12-13(2)30-21(18(12)19(22)25)23-20(26)14-4-6-15(7-5-14)24-31(27,28)17-10-8-16(29-3)9-11-17/h4-11,24H,1-3H3,(H2,22,25)(H,23,26). The number of thiophene rings is 1. The van der Waals surface area contributed by atoms with Crippen molar-refractivity contribution >= 4 is 43.9 Å². The predicted octanol–water partition coefficient (Wildman–Crippen LogP) is 3.53. The molecule has 0 atom stereocenters. The summed E-state index contributed by atoms with van der Waals surface area (Å²) in [6.45, 7) is 3.61. The van der Waals surface area contributed by atoms with E-state index in [1.54, 1.807) is 19.1 Å². The molecule has 0 fully saturated rings. The summed E-state index contributed by atoms with van der Waals surface area (Å²) in [6, 6.07) is 11.9. The molecule has 1 heterocycles. The molecule has 3 rings (SSSR count). The lowest BCUT2D eigenvalue weighted by Crippen LogP contribution is -2.17. The summed E-state index contributed by atoms with van der Waals surface area (Å²) in [5.74, 6) is -0.501. The molecule has 0 saturated heterocycles. The topological polar surface area (TPSA) is 128 Å². The highest BCUT2D eigenvalue weighted by atomic mass is 32.2. The fourth-order valence-electron chi connectivity index (χ4n) is 2.85. The summed E-state index contributed by atoms with van der Waals surface area (Å²) in [6.07, 6.45) is 0. The Bertz CT molecular complexity index is 1230. The molecular weight excluding hydrogens is 438 g/mol. The summed E-state index contributed by atoms with van der Waals surface area (Å²) < 4.78 is 32.5. The van der Waals surface area contributed by atoms with E-state index < -0.39 is 21.8 Å². The van der Waals surface area contributed by atoms with Crippen molar-refractivity contribution in [3.63, 3.8) is 0 Å². The van der Waals surface area contributed by atoms with Gasteiger partial charge in [-0.2, -0.15) is 0 Å². The zero-order chi connectivity index (χ0) is 22.8. The molecule has 0 unspecified atom stereocenters. The van der Waals surface area contributed by atoms with Gasteiger partial charge in [0.05, 0.1) is 17.6 Å². The number of primary amides is 1. The van der Waals surface area contributed by atoms with E-state index in [-0.39, 0.29) is 4.90 Å². The van der Waals surface area contributed by atoms with E-state index in [2.05, 4.69) is 10.0 Å². The van der Waals surface area contributed by atoms with Gasteiger partial charge in [0.2, 0.25) is 0 Å². The number of anilines is 2. The van der Waals surface area contributed by atoms with Gasteiger partial charge < -0.3 is 15.8 Å². The highest BCUT2D eigenvalue weighted by Crippen LogP contribution is 2.32. The molecule has 8 nitrogen and oxygen atoms in total. The van der Waals surface area contributed by atoms with Crippen LogP contribution in [-0.4, -0.2) is 27.3 Å². The van der Waals surface area contributed by atoms with Crippen LogP contribution in [0.1, 0.15) is 31.2 Å². The molecule has 2 aromatic carbocycles. The second-order valence-corrected chi connectivity index (χ2v) is 9.57. The van der Waals surface area contributed by atoms with Crippen LogP contribution in [0, 0.1) is 13.8 Å². The van der Waals surface area contributed by atoms with Gasteiger partial charge in [-0.3, -0.25) is 14.3 Å². The van der Waals surface area contributed by atoms with Crippen LogP contribution < -0.4 is 20.5 Å². The zero-order valence-electron chi connectivity index (χ0n) is 17.1. The van der Waals surface area contributed by atoms with E-state index in [1.807, 2.05) is 6.92 Å². The SMILES string of the molecule is COc1ccc(S(=O)(=O)Nc2ccc(C(=O)Nc3sc(C)c(C)c3C(N)=O)cc2)cc1. The highest BCUT2D eigenvalue weighted by molar-refractivity contribution is 7.92. The number of amides is 2. The van der Waals surface area contributed by atoms with Crippen LogP contribution in [0.25, 0.3) is 0 Å². The molecule has 0 aliphatic carbocycles. The van der Waals surface area contributed by atoms with Gasteiger partial charge in [0.1, 0.15) is 10.8 Å². The number of methoxy groups -OCH3 is 1. The molecule has 2 amide bonds. The molecule has 0 aliphatic heterocycles. The average molecular weight is 460 g/mol. The lowest BCUT2D eigenvalue weighted by atomic mass is 10.1. The number of nitrogens with two attached hydrogens (primary N) is 1. The summed E-state index contributed by atoms with van der Waals surface area (Å²) in [4.78, 5) is 25.3. The minimum absolute atomic E-state index is 0.0811. The largest absolute Gasteiger partial charge is 0.497 e. The molecule has 1 aromatic heterocycles. The Hall–Kier alpha value is -3.37. The molecular formula is C21H21N3O5S2. The number of nitrogens with one attached hydrogen (secondary N) is 2. The normalized spacial score (nSPS) is 11.1. The maximum atomic E-state index is 12.6. The fourth-order valence-corrected chi connectivity index (χ4v) is 4.97. The number of benzene rings is 2. The maximum Gasteiger partial charge on any atom is 0.261 e. The van der Waals surface area contributed by atoms with Gasteiger partial charge in [-0.05, 0) is 67.9 Å². The van der Waals surface area contributed by atoms with Gasteiger partial charge in [-0.1, -0.05) is 0 Å². The molecule has 0 aliphatic rings. The third-order valence-corrected chi connectivity index (χ3v) is 7.15. The second-order valence-electron chi connectivity index (χ2n) is 6.66. The molecule has 162 valence electrons. The van der Waals surface area contributed by atoms with E-state index in [9.17, 15) is 18.0 Å². The van der Waals surface area contributed by atoms with Crippen molar-refractivity contribution < 1.29 is 22.7 Å². The van der Waals surface area contributed by atoms with Crippen LogP contribution in [0.4, 0.5) is 10.7 Å². The minimum Gasteiger partial charge on any atom is -0.497 e. The smallest absolute Gasteiger partial charge is 0.261 e. The molecule has 4 N–H and O–H groups in total. The number of carbonyl (C=O) groups excluding carboxylic acids is 2. The Morgan fingerprint density at radius 1 is 1.00 bits per heavy atom. The van der Waals surface area contributed by atoms with Crippen molar-refractivity contribution in [1.82, 2.24) is 0 Å². The molecule has 10 heteroatoms. The van der Waals surface area contributed by atoms with Crippen LogP contribution in [0.15, 0.2) is 53.4 Å². The van der Waals surface area contributed by atoms with Gasteiger partial charge in [-0.15, -0.1) is 11.3 Å². The Kier molecular flexibility index (Phi) is 6.32. The summed E-state index contributed by atoms with van der Waals surface area (Å²) in [5, 5.41) is 3.09. The molecule has 0 radical (unpaired) electrons. The number of hydrogen-bond donors (Lipinski definition) is 3. The van der Waals surface area contributed by atoms with Crippen LogP contribution in [0.2, 0.25) is 0 Å². The Balaban J connectivity index is 1.75. The number of carbonyl (C=O) groups is 2. The van der Waals surface area contributed by atoms with E-state index in [0.717, 1.165) is 10.4 Å². The van der Waals surface area contributed by atoms with Gasteiger partial charge in [0, 0.05) is 16.1 Å². The number of ether oxygens (including phenoxy) is 1. The van der Waals surface area contributed by atoms with Crippen LogP contribution in [0.3, 0.4) is 0 Å². The van der Waals surface area contributed by atoms with Crippen molar-refractivity contribution in [2.24, 2.45) is 5.73 Å². The fraction of sp³-hybridized carbons (Fsp3) is 0.143. The number of rotatable bonds is 7. The quantitative estimate of drug-likeness (QED) is 0.498. The number of hydrogen-bond acceptors (Lipinski definition) is 6. The maximum absolute atomic E-state index is 12.6. The monoisotopic (exact) mass is 459 g/mol.